The molecule has 0 spiro atoms. The van der Waals surface area contributed by atoms with E-state index in [1.165, 1.54) is 6.07 Å². The second-order valence-electron chi connectivity index (χ2n) is 8.75. The van der Waals surface area contributed by atoms with Crippen LogP contribution in [0.2, 0.25) is 0 Å². The van der Waals surface area contributed by atoms with Gasteiger partial charge in [0.25, 0.3) is 5.56 Å². The van der Waals surface area contributed by atoms with Gasteiger partial charge in [-0.3, -0.25) is 14.5 Å². The van der Waals surface area contributed by atoms with Gasteiger partial charge in [0.2, 0.25) is 0 Å². The van der Waals surface area contributed by atoms with Crippen molar-refractivity contribution in [3.05, 3.63) is 76.1 Å². The number of pyridine rings is 1. The molecule has 2 aromatic carbocycles. The zero-order valence-electron chi connectivity index (χ0n) is 17.2. The summed E-state index contributed by atoms with van der Waals surface area (Å²) in [5.74, 6) is -1.41. The Morgan fingerprint density at radius 3 is 2.72 bits per heavy atom. The molecular formula is C24H22F2N2O4. The van der Waals surface area contributed by atoms with Crippen LogP contribution in [0.5, 0.6) is 5.75 Å². The average Bonchev–Trinajstić information content (AvgIpc) is 3.20. The van der Waals surface area contributed by atoms with Crippen molar-refractivity contribution in [3.63, 3.8) is 0 Å². The van der Waals surface area contributed by atoms with Crippen LogP contribution in [0.3, 0.4) is 0 Å². The van der Waals surface area contributed by atoms with Crippen LogP contribution in [-0.2, 0) is 0 Å². The van der Waals surface area contributed by atoms with Crippen molar-refractivity contribution in [1.82, 2.24) is 9.88 Å². The van der Waals surface area contributed by atoms with Gasteiger partial charge in [-0.15, -0.1) is 0 Å². The fraction of sp³-hybridized carbons (Fsp3) is 0.333. The van der Waals surface area contributed by atoms with E-state index in [0.29, 0.717) is 25.9 Å². The van der Waals surface area contributed by atoms with E-state index in [2.05, 4.69) is 4.98 Å². The van der Waals surface area contributed by atoms with E-state index < -0.39 is 22.8 Å². The van der Waals surface area contributed by atoms with E-state index >= 15 is 0 Å². The highest BCUT2D eigenvalue weighted by Gasteiger charge is 2.52. The van der Waals surface area contributed by atoms with Crippen molar-refractivity contribution in [2.75, 3.05) is 19.6 Å². The van der Waals surface area contributed by atoms with Crippen LogP contribution in [-0.4, -0.2) is 52.1 Å². The van der Waals surface area contributed by atoms with Crippen LogP contribution >= 0.6 is 0 Å². The lowest BCUT2D eigenvalue weighted by Crippen LogP contribution is -2.37. The number of aromatic nitrogens is 1. The lowest BCUT2D eigenvalue weighted by molar-refractivity contribution is 0.0222. The molecule has 5 rings (SSSR count). The number of hydrogen-bond donors (Lipinski definition) is 2. The SMILES string of the molecule is O=C(CN1C[C@H]2C[C@H](Oc3ccccc3)C[C@@]2(O)C1)c1cc(F)c2[nH]c(=O)c(F)cc2c1. The largest absolute Gasteiger partial charge is 0.490 e. The molecule has 2 heterocycles. The number of nitrogens with zero attached hydrogens (tertiary/aromatic N) is 1. The third-order valence-corrected chi connectivity index (χ3v) is 6.46. The first-order valence-corrected chi connectivity index (χ1v) is 10.5. The number of β-amino-alcohol motifs (C(OH)–C–C–N with tert-alkyl or cyclic N) is 1. The molecule has 0 radical (unpaired) electrons. The van der Waals surface area contributed by atoms with Gasteiger partial charge in [-0.25, -0.2) is 8.78 Å². The van der Waals surface area contributed by atoms with Gasteiger partial charge in [0.05, 0.1) is 17.7 Å². The monoisotopic (exact) mass is 440 g/mol. The Labute approximate surface area is 182 Å². The van der Waals surface area contributed by atoms with Gasteiger partial charge in [-0.2, -0.15) is 0 Å². The molecule has 8 heteroatoms. The van der Waals surface area contributed by atoms with E-state index in [4.69, 9.17) is 4.74 Å². The first kappa shape index (κ1) is 20.8. The topological polar surface area (TPSA) is 82.6 Å². The molecule has 2 aliphatic rings. The highest BCUT2D eigenvalue weighted by molar-refractivity contribution is 6.00. The Kier molecular flexibility index (Phi) is 5.06. The van der Waals surface area contributed by atoms with Crippen LogP contribution in [0.15, 0.2) is 53.3 Å². The van der Waals surface area contributed by atoms with Gasteiger partial charge in [-0.05, 0) is 36.8 Å². The zero-order valence-corrected chi connectivity index (χ0v) is 17.2. The summed E-state index contributed by atoms with van der Waals surface area (Å²) < 4.78 is 34.0. The molecule has 1 aromatic heterocycles. The van der Waals surface area contributed by atoms with Crippen LogP contribution < -0.4 is 10.3 Å². The number of hydrogen-bond acceptors (Lipinski definition) is 5. The molecule has 0 bridgehead atoms. The molecule has 3 atom stereocenters. The normalized spacial score (nSPS) is 25.2. The molecule has 6 nitrogen and oxygen atoms in total. The standard InChI is InChI=1S/C24H22F2N2O4/c25-19-7-14(6-15-8-20(26)23(30)27-22(15)19)21(29)12-28-11-16-9-18(10-24(16,31)13-28)32-17-4-2-1-3-5-17/h1-8,16,18,31H,9-13H2,(H,27,30)/t16-,18+,24-/m1/s1. The highest BCUT2D eigenvalue weighted by atomic mass is 19.1. The van der Waals surface area contributed by atoms with Crippen LogP contribution in [0.1, 0.15) is 23.2 Å². The zero-order chi connectivity index (χ0) is 22.5. The second-order valence-corrected chi connectivity index (χ2v) is 8.75. The fourth-order valence-corrected chi connectivity index (χ4v) is 4.99. The Bertz CT molecular complexity index is 1250. The first-order chi connectivity index (χ1) is 15.3. The number of halogens is 2. The van der Waals surface area contributed by atoms with E-state index in [-0.39, 0.29) is 40.8 Å². The number of likely N-dealkylation sites (tertiary alicyclic amines) is 1. The number of Topliss-reactive ketones (excluding diaryl/α,β-unsaturated/α-hetero) is 1. The van der Waals surface area contributed by atoms with Crippen molar-refractivity contribution in [2.24, 2.45) is 5.92 Å². The molecule has 166 valence electrons. The molecule has 1 aliphatic carbocycles. The van der Waals surface area contributed by atoms with Gasteiger partial charge in [0, 0.05) is 36.4 Å². The molecule has 2 fully saturated rings. The molecular weight excluding hydrogens is 418 g/mol. The molecule has 0 amide bonds. The maximum Gasteiger partial charge on any atom is 0.284 e. The Hall–Kier alpha value is -3.10. The van der Waals surface area contributed by atoms with Gasteiger partial charge < -0.3 is 14.8 Å². The predicted molar refractivity (Wildman–Crippen MR) is 114 cm³/mol. The van der Waals surface area contributed by atoms with Gasteiger partial charge >= 0.3 is 0 Å². The third-order valence-electron chi connectivity index (χ3n) is 6.46. The van der Waals surface area contributed by atoms with E-state index in [1.54, 1.807) is 0 Å². The quantitative estimate of drug-likeness (QED) is 0.597. The summed E-state index contributed by atoms with van der Waals surface area (Å²) in [5.41, 5.74) is -1.99. The maximum atomic E-state index is 14.4. The number of rotatable bonds is 5. The molecule has 3 aromatic rings. The van der Waals surface area contributed by atoms with Gasteiger partial charge in [0.15, 0.2) is 11.6 Å². The number of ether oxygens (including phenoxy) is 1. The number of para-hydroxylation sites is 1. The molecule has 2 N–H and O–H groups in total. The van der Waals surface area contributed by atoms with Crippen LogP contribution in [0.25, 0.3) is 10.9 Å². The molecule has 1 saturated carbocycles. The first-order valence-electron chi connectivity index (χ1n) is 10.5. The minimum Gasteiger partial charge on any atom is -0.490 e. The highest BCUT2D eigenvalue weighted by Crippen LogP contribution is 2.43. The summed E-state index contributed by atoms with van der Waals surface area (Å²) in [6.45, 7) is 0.880. The number of carbonyl (C=O) groups is 1. The number of ketones is 1. The number of fused-ring (bicyclic) bond motifs is 2. The average molecular weight is 440 g/mol. The van der Waals surface area contributed by atoms with Crippen molar-refractivity contribution >= 4 is 16.7 Å². The van der Waals surface area contributed by atoms with Crippen LogP contribution in [0, 0.1) is 17.6 Å². The van der Waals surface area contributed by atoms with E-state index in [9.17, 15) is 23.5 Å². The van der Waals surface area contributed by atoms with Crippen molar-refractivity contribution < 1.29 is 23.4 Å². The smallest absolute Gasteiger partial charge is 0.284 e. The number of nitrogens with one attached hydrogen (secondary N) is 1. The summed E-state index contributed by atoms with van der Waals surface area (Å²) in [4.78, 5) is 28.2. The number of H-pyrrole nitrogens is 1. The number of aromatic amines is 1. The Morgan fingerprint density at radius 1 is 1.19 bits per heavy atom. The molecule has 32 heavy (non-hydrogen) atoms. The fourth-order valence-electron chi connectivity index (χ4n) is 4.99. The van der Waals surface area contributed by atoms with Gasteiger partial charge in [-0.1, -0.05) is 18.2 Å². The summed E-state index contributed by atoms with van der Waals surface area (Å²) in [5, 5.41) is 11.2. The summed E-state index contributed by atoms with van der Waals surface area (Å²) in [7, 11) is 0. The van der Waals surface area contributed by atoms with E-state index in [1.807, 2.05) is 35.2 Å². The number of carbonyl (C=O) groups excluding carboxylic acids is 1. The van der Waals surface area contributed by atoms with Crippen molar-refractivity contribution in [3.8, 4) is 5.75 Å². The summed E-state index contributed by atoms with van der Waals surface area (Å²) in [6.07, 6.45) is 1.08. The summed E-state index contributed by atoms with van der Waals surface area (Å²) in [6, 6.07) is 12.8. The maximum absolute atomic E-state index is 14.4. The minimum absolute atomic E-state index is 0.0137. The Balaban J connectivity index is 1.26. The lowest BCUT2D eigenvalue weighted by Gasteiger charge is -2.23. The third kappa shape index (κ3) is 3.80. The van der Waals surface area contributed by atoms with Gasteiger partial charge in [0.1, 0.15) is 17.7 Å². The predicted octanol–water partition coefficient (Wildman–Crippen LogP) is 2.89. The van der Waals surface area contributed by atoms with E-state index in [0.717, 1.165) is 17.9 Å². The lowest BCUT2D eigenvalue weighted by atomic mass is 9.95. The molecule has 1 saturated heterocycles. The molecule has 0 unspecified atom stereocenters. The van der Waals surface area contributed by atoms with Crippen molar-refractivity contribution in [2.45, 2.75) is 24.5 Å². The number of aliphatic hydroxyl groups is 1. The second kappa shape index (κ2) is 7.79. The number of benzene rings is 2. The van der Waals surface area contributed by atoms with Crippen LogP contribution in [0.4, 0.5) is 8.78 Å². The summed E-state index contributed by atoms with van der Waals surface area (Å²) >= 11 is 0. The van der Waals surface area contributed by atoms with Crippen molar-refractivity contribution in [1.29, 1.82) is 0 Å². The molecule has 1 aliphatic heterocycles. The Morgan fingerprint density at radius 2 is 1.97 bits per heavy atom. The minimum atomic E-state index is -1.04.